The lowest BCUT2D eigenvalue weighted by atomic mass is 10.1. The number of urea groups is 1. The van der Waals surface area contributed by atoms with Crippen LogP contribution in [0.4, 0.5) is 10.5 Å². The van der Waals surface area contributed by atoms with Gasteiger partial charge >= 0.3 is 6.03 Å². The number of carbonyl (C=O) groups is 2. The van der Waals surface area contributed by atoms with E-state index in [9.17, 15) is 9.59 Å². The van der Waals surface area contributed by atoms with Crippen LogP contribution < -0.4 is 36.6 Å². The largest absolute Gasteiger partial charge is 0.497 e. The number of ether oxygens (including phenoxy) is 1. The van der Waals surface area contributed by atoms with E-state index in [1.807, 2.05) is 0 Å². The Kier molecular flexibility index (Phi) is 7.64. The van der Waals surface area contributed by atoms with Gasteiger partial charge in [-0.05, 0) is 37.6 Å². The average molecular weight is 364 g/mol. The number of anilines is 1. The number of rotatable bonds is 7. The summed E-state index contributed by atoms with van der Waals surface area (Å²) in [7, 11) is 1.59. The normalized spacial score (nSPS) is 22.3. The summed E-state index contributed by atoms with van der Waals surface area (Å²) in [4.78, 5) is 23.1. The zero-order valence-corrected chi connectivity index (χ0v) is 15.4. The fourth-order valence-electron chi connectivity index (χ4n) is 2.71. The van der Waals surface area contributed by atoms with Crippen LogP contribution in [0, 0.1) is 0 Å². The van der Waals surface area contributed by atoms with E-state index in [0.29, 0.717) is 18.8 Å². The van der Waals surface area contributed by atoms with Crippen LogP contribution in [0.1, 0.15) is 20.3 Å². The summed E-state index contributed by atoms with van der Waals surface area (Å²) in [6, 6.07) is 7.02. The van der Waals surface area contributed by atoms with Gasteiger partial charge in [0.2, 0.25) is 5.91 Å². The van der Waals surface area contributed by atoms with Gasteiger partial charge < -0.3 is 26.0 Å². The smallest absolute Gasteiger partial charge is 0.321 e. The molecule has 0 aromatic heterocycles. The highest BCUT2D eigenvalue weighted by molar-refractivity contribution is 5.89. The number of nitrogens with one attached hydrogen (secondary N) is 6. The second-order valence-corrected chi connectivity index (χ2v) is 6.22. The molecule has 0 aliphatic carbocycles. The Balaban J connectivity index is 1.77. The van der Waals surface area contributed by atoms with Crippen LogP contribution in [0.5, 0.6) is 5.75 Å². The average Bonchev–Trinajstić information content (AvgIpc) is 2.58. The quantitative estimate of drug-likeness (QED) is 0.383. The molecule has 0 radical (unpaired) electrons. The van der Waals surface area contributed by atoms with E-state index in [-0.39, 0.29) is 30.4 Å². The lowest BCUT2D eigenvalue weighted by Crippen LogP contribution is -2.68. The van der Waals surface area contributed by atoms with E-state index >= 15 is 0 Å². The van der Waals surface area contributed by atoms with E-state index in [0.717, 1.165) is 12.2 Å². The zero-order chi connectivity index (χ0) is 18.9. The van der Waals surface area contributed by atoms with Crippen molar-refractivity contribution in [3.8, 4) is 5.75 Å². The predicted octanol–water partition coefficient (Wildman–Crippen LogP) is 0.124. The molecule has 1 aromatic carbocycles. The summed E-state index contributed by atoms with van der Waals surface area (Å²) in [6.45, 7) is 4.76. The molecule has 3 amide bonds. The summed E-state index contributed by atoms with van der Waals surface area (Å²) < 4.78 is 5.09. The van der Waals surface area contributed by atoms with Crippen molar-refractivity contribution in [3.63, 3.8) is 0 Å². The first-order valence-electron chi connectivity index (χ1n) is 8.67. The second-order valence-electron chi connectivity index (χ2n) is 6.22. The minimum Gasteiger partial charge on any atom is -0.497 e. The molecule has 3 atom stereocenters. The Morgan fingerprint density at radius 3 is 2.58 bits per heavy atom. The predicted molar refractivity (Wildman–Crippen MR) is 99.8 cm³/mol. The maximum absolute atomic E-state index is 12.2. The molecule has 1 aromatic rings. The maximum atomic E-state index is 12.2. The van der Waals surface area contributed by atoms with Crippen molar-refractivity contribution >= 4 is 17.6 Å². The molecule has 0 saturated carbocycles. The van der Waals surface area contributed by atoms with E-state index in [4.69, 9.17) is 4.74 Å². The van der Waals surface area contributed by atoms with Crippen LogP contribution >= 0.6 is 0 Å². The van der Waals surface area contributed by atoms with Crippen LogP contribution in [-0.4, -0.2) is 50.6 Å². The molecule has 1 aliphatic heterocycles. The lowest BCUT2D eigenvalue weighted by molar-refractivity contribution is -0.118. The van der Waals surface area contributed by atoms with Gasteiger partial charge in [-0.15, -0.1) is 0 Å². The van der Waals surface area contributed by atoms with Crippen molar-refractivity contribution in [1.29, 1.82) is 0 Å². The molecule has 1 aliphatic rings. The first-order valence-corrected chi connectivity index (χ1v) is 8.67. The van der Waals surface area contributed by atoms with Crippen molar-refractivity contribution in [2.24, 2.45) is 0 Å². The zero-order valence-electron chi connectivity index (χ0n) is 15.4. The maximum Gasteiger partial charge on any atom is 0.321 e. The van der Waals surface area contributed by atoms with E-state index in [1.165, 1.54) is 6.92 Å². The van der Waals surface area contributed by atoms with Crippen LogP contribution in [-0.2, 0) is 4.79 Å². The molecule has 2 rings (SSSR count). The third kappa shape index (κ3) is 6.87. The van der Waals surface area contributed by atoms with Gasteiger partial charge in [-0.25, -0.2) is 4.79 Å². The molecular weight excluding hydrogens is 336 g/mol. The Labute approximate surface area is 153 Å². The molecule has 1 saturated heterocycles. The first kappa shape index (κ1) is 20.0. The van der Waals surface area contributed by atoms with Gasteiger partial charge in [0.05, 0.1) is 13.3 Å². The second kappa shape index (κ2) is 9.95. The number of benzene rings is 1. The molecule has 9 nitrogen and oxygen atoms in total. The van der Waals surface area contributed by atoms with Gasteiger partial charge in [-0.3, -0.25) is 15.4 Å². The third-order valence-electron chi connectivity index (χ3n) is 3.92. The Hall–Kier alpha value is -2.36. The summed E-state index contributed by atoms with van der Waals surface area (Å²) in [5.74, 6) is 0.682. The van der Waals surface area contributed by atoms with E-state index < -0.39 is 0 Å². The van der Waals surface area contributed by atoms with Gasteiger partial charge in [0.25, 0.3) is 0 Å². The molecule has 6 N–H and O–H groups in total. The fourth-order valence-corrected chi connectivity index (χ4v) is 2.71. The Morgan fingerprint density at radius 1 is 1.19 bits per heavy atom. The van der Waals surface area contributed by atoms with Crippen LogP contribution in [0.15, 0.2) is 24.3 Å². The fraction of sp³-hybridized carbons (Fsp3) is 0.529. The van der Waals surface area contributed by atoms with Crippen molar-refractivity contribution in [3.05, 3.63) is 24.3 Å². The van der Waals surface area contributed by atoms with Crippen LogP contribution in [0.25, 0.3) is 0 Å². The summed E-state index contributed by atoms with van der Waals surface area (Å²) in [5.41, 5.74) is 0.678. The Morgan fingerprint density at radius 2 is 1.92 bits per heavy atom. The number of hydrogen-bond acceptors (Lipinski definition) is 6. The van der Waals surface area contributed by atoms with Crippen molar-refractivity contribution < 1.29 is 14.3 Å². The molecule has 0 spiro atoms. The van der Waals surface area contributed by atoms with Crippen LogP contribution in [0.2, 0.25) is 0 Å². The van der Waals surface area contributed by atoms with Gasteiger partial charge in [0.1, 0.15) is 12.0 Å². The number of methoxy groups -OCH3 is 1. The summed E-state index contributed by atoms with van der Waals surface area (Å²) in [6.07, 6.45) is 0.528. The highest BCUT2D eigenvalue weighted by Gasteiger charge is 2.25. The number of hydrogen-bond donors (Lipinski definition) is 6. The molecule has 9 heteroatoms. The van der Waals surface area contributed by atoms with Gasteiger partial charge in [-0.1, -0.05) is 0 Å². The molecule has 1 fully saturated rings. The van der Waals surface area contributed by atoms with Gasteiger partial charge in [0, 0.05) is 31.7 Å². The molecular formula is C17H28N6O3. The van der Waals surface area contributed by atoms with Crippen molar-refractivity contribution in [2.75, 3.05) is 25.5 Å². The summed E-state index contributed by atoms with van der Waals surface area (Å²) >= 11 is 0. The summed E-state index contributed by atoms with van der Waals surface area (Å²) in [5, 5.41) is 18.3. The number of carbonyl (C=O) groups excluding carboxylic acids is 2. The van der Waals surface area contributed by atoms with Gasteiger partial charge in [0.15, 0.2) is 0 Å². The van der Waals surface area contributed by atoms with Crippen LogP contribution in [0.3, 0.4) is 0 Å². The van der Waals surface area contributed by atoms with Crippen molar-refractivity contribution in [1.82, 2.24) is 26.6 Å². The van der Waals surface area contributed by atoms with E-state index in [2.05, 4.69) is 38.8 Å². The van der Waals surface area contributed by atoms with Gasteiger partial charge in [-0.2, -0.15) is 0 Å². The highest BCUT2D eigenvalue weighted by Crippen LogP contribution is 2.14. The molecule has 26 heavy (non-hydrogen) atoms. The van der Waals surface area contributed by atoms with Crippen molar-refractivity contribution in [2.45, 2.75) is 38.8 Å². The Bertz CT molecular complexity index is 595. The SMILES string of the molecule is COc1ccc(NC(=O)NC2NC(C)CC(NCCNC(C)=O)N2)cc1. The molecule has 0 bridgehead atoms. The van der Waals surface area contributed by atoms with E-state index in [1.54, 1.807) is 31.4 Å². The third-order valence-corrected chi connectivity index (χ3v) is 3.92. The molecule has 1 heterocycles. The lowest BCUT2D eigenvalue weighted by Gasteiger charge is -2.36. The molecule has 144 valence electrons. The minimum absolute atomic E-state index is 0.0336. The molecule has 3 unspecified atom stereocenters. The topological polar surface area (TPSA) is 116 Å². The highest BCUT2D eigenvalue weighted by atomic mass is 16.5. The number of amides is 3. The minimum atomic E-state index is -0.365. The monoisotopic (exact) mass is 364 g/mol. The standard InChI is InChI=1S/C17H28N6O3/c1-11-10-15(19-9-8-18-12(2)24)22-16(20-11)23-17(25)21-13-4-6-14(26-3)7-5-13/h4-7,11,15-16,19-20,22H,8-10H2,1-3H3,(H,18,24)(H2,21,23,25). The first-order chi connectivity index (χ1) is 12.5.